The van der Waals surface area contributed by atoms with E-state index in [0.717, 1.165) is 25.2 Å². The lowest BCUT2D eigenvalue weighted by Crippen LogP contribution is -2.44. The molecule has 0 bridgehead atoms. The van der Waals surface area contributed by atoms with E-state index < -0.39 is 39.6 Å². The largest absolute Gasteiger partial charge is 0.416 e. The van der Waals surface area contributed by atoms with E-state index in [1.165, 1.54) is 45.8 Å². The number of alkyl halides is 6. The summed E-state index contributed by atoms with van der Waals surface area (Å²) < 4.78 is 76.4. The molecule has 4 aromatic carbocycles. The zero-order chi connectivity index (χ0) is 38.7. The Kier molecular flexibility index (Phi) is 15.6. The summed E-state index contributed by atoms with van der Waals surface area (Å²) in [6.07, 6.45) is -7.40. The van der Waals surface area contributed by atoms with Gasteiger partial charge >= 0.3 is 12.4 Å². The van der Waals surface area contributed by atoms with Crippen molar-refractivity contribution in [2.75, 3.05) is 13.1 Å². The van der Waals surface area contributed by atoms with Crippen molar-refractivity contribution in [3.63, 3.8) is 0 Å². The second-order valence-corrected chi connectivity index (χ2v) is 25.7. The molecule has 2 N–H and O–H groups in total. The molecule has 4 aromatic rings. The first-order valence-electron chi connectivity index (χ1n) is 18.1. The molecule has 0 aliphatic heterocycles. The van der Waals surface area contributed by atoms with E-state index >= 15 is 0 Å². The Labute approximate surface area is 309 Å². The van der Waals surface area contributed by atoms with E-state index in [4.69, 9.17) is 0 Å². The topological polar surface area (TPSA) is 24.1 Å². The third-order valence-electron chi connectivity index (χ3n) is 10.6. The first-order valence-corrected chi connectivity index (χ1v) is 24.3. The van der Waals surface area contributed by atoms with Gasteiger partial charge in [-0.05, 0) is 71.4 Å². The fourth-order valence-corrected chi connectivity index (χ4v) is 8.89. The van der Waals surface area contributed by atoms with Crippen molar-refractivity contribution in [2.24, 2.45) is 0 Å². The summed E-state index contributed by atoms with van der Waals surface area (Å²) >= 11 is 0. The van der Waals surface area contributed by atoms with E-state index in [-0.39, 0.29) is 0 Å². The van der Waals surface area contributed by atoms with Gasteiger partial charge in [-0.2, -0.15) is 26.3 Å². The van der Waals surface area contributed by atoms with E-state index in [1.807, 2.05) is 0 Å². The molecule has 0 saturated heterocycles. The number of nitrogens with one attached hydrogen (secondary N) is 2. The minimum Gasteiger partial charge on any atom is -0.312 e. The van der Waals surface area contributed by atoms with E-state index in [0.29, 0.717) is 48.1 Å². The van der Waals surface area contributed by atoms with Crippen LogP contribution in [-0.2, 0) is 38.3 Å². The third kappa shape index (κ3) is 13.0. The SMILES string of the molecule is CC(C)[Si](C)(C)c1ccc(CNCCc2cccc(C(F)(F)F)c2)cc1.CC(C)[Si](C)(C)c1ccc(CNCCc2cccc(C(F)(F)F)c2)cc1. The molecule has 0 aliphatic rings. The van der Waals surface area contributed by atoms with Gasteiger partial charge in [-0.1, -0.05) is 149 Å². The molecule has 4 rings (SSSR count). The number of hydrogen-bond acceptors (Lipinski definition) is 2. The maximum atomic E-state index is 12.7. The van der Waals surface area contributed by atoms with E-state index in [9.17, 15) is 26.3 Å². The van der Waals surface area contributed by atoms with Crippen LogP contribution in [0.25, 0.3) is 0 Å². The highest BCUT2D eigenvalue weighted by molar-refractivity contribution is 6.91. The van der Waals surface area contributed by atoms with Crippen molar-refractivity contribution in [3.8, 4) is 0 Å². The van der Waals surface area contributed by atoms with E-state index in [2.05, 4.69) is 113 Å². The Balaban J connectivity index is 0.000000280. The summed E-state index contributed by atoms with van der Waals surface area (Å²) in [5.41, 5.74) is 4.03. The lowest BCUT2D eigenvalue weighted by molar-refractivity contribution is -0.138. The van der Waals surface area contributed by atoms with Crippen LogP contribution in [0.4, 0.5) is 26.3 Å². The molecule has 284 valence electrons. The quantitative estimate of drug-likeness (QED) is 0.0760. The van der Waals surface area contributed by atoms with Crippen LogP contribution in [0.3, 0.4) is 0 Å². The van der Waals surface area contributed by atoms with Crippen LogP contribution in [-0.4, -0.2) is 29.2 Å². The first-order chi connectivity index (χ1) is 24.2. The molecule has 0 atom stereocenters. The molecule has 0 heterocycles. The molecule has 0 aromatic heterocycles. The summed E-state index contributed by atoms with van der Waals surface area (Å²) in [5.74, 6) is 0. The Morgan fingerprint density at radius 3 is 1.10 bits per heavy atom. The van der Waals surface area contributed by atoms with Crippen molar-refractivity contribution < 1.29 is 26.3 Å². The number of hydrogen-bond donors (Lipinski definition) is 2. The summed E-state index contributed by atoms with van der Waals surface area (Å²) in [5, 5.41) is 9.56. The van der Waals surface area contributed by atoms with Gasteiger partial charge in [0.1, 0.15) is 0 Å². The van der Waals surface area contributed by atoms with Crippen LogP contribution in [0.1, 0.15) is 61.1 Å². The van der Waals surface area contributed by atoms with Gasteiger partial charge in [-0.15, -0.1) is 0 Å². The zero-order valence-corrected chi connectivity index (χ0v) is 33.9. The van der Waals surface area contributed by atoms with Gasteiger partial charge in [-0.3, -0.25) is 0 Å². The van der Waals surface area contributed by atoms with Crippen LogP contribution in [0.15, 0.2) is 97.1 Å². The molecular weight excluding hydrogens is 703 g/mol. The smallest absolute Gasteiger partial charge is 0.312 e. The zero-order valence-electron chi connectivity index (χ0n) is 31.9. The summed E-state index contributed by atoms with van der Waals surface area (Å²) in [6, 6.07) is 28.7. The average Bonchev–Trinajstić information content (AvgIpc) is 3.09. The van der Waals surface area contributed by atoms with Crippen molar-refractivity contribution in [2.45, 2.75) is 103 Å². The summed E-state index contributed by atoms with van der Waals surface area (Å²) in [6.45, 7) is 21.5. The highest BCUT2D eigenvalue weighted by atomic mass is 28.3. The van der Waals surface area contributed by atoms with Gasteiger partial charge in [-0.25, -0.2) is 0 Å². The first kappa shape index (κ1) is 43.2. The minimum absolute atomic E-state index is 0.579. The molecule has 0 unspecified atom stereocenters. The molecule has 10 heteroatoms. The Hall–Kier alpha value is -3.19. The molecular formula is C42H56F6N2Si2. The van der Waals surface area contributed by atoms with Gasteiger partial charge in [0.05, 0.1) is 27.3 Å². The maximum Gasteiger partial charge on any atom is 0.416 e. The molecule has 0 aliphatic carbocycles. The van der Waals surface area contributed by atoms with Gasteiger partial charge in [0, 0.05) is 13.1 Å². The summed E-state index contributed by atoms with van der Waals surface area (Å²) in [4.78, 5) is 0. The van der Waals surface area contributed by atoms with Crippen molar-refractivity contribution >= 4 is 26.5 Å². The maximum absolute atomic E-state index is 12.7. The molecule has 2 nitrogen and oxygen atoms in total. The monoisotopic (exact) mass is 758 g/mol. The van der Waals surface area contributed by atoms with Crippen molar-refractivity contribution in [1.82, 2.24) is 10.6 Å². The molecule has 0 fully saturated rings. The molecule has 0 saturated carbocycles. The van der Waals surface area contributed by atoms with Crippen molar-refractivity contribution in [1.29, 1.82) is 0 Å². The Morgan fingerprint density at radius 1 is 0.481 bits per heavy atom. The van der Waals surface area contributed by atoms with Crippen LogP contribution in [0, 0.1) is 0 Å². The lowest BCUT2D eigenvalue weighted by Gasteiger charge is -2.27. The fraction of sp³-hybridized carbons (Fsp3) is 0.429. The Morgan fingerprint density at radius 2 is 0.808 bits per heavy atom. The molecule has 52 heavy (non-hydrogen) atoms. The number of rotatable bonds is 14. The van der Waals surface area contributed by atoms with Crippen molar-refractivity contribution in [3.05, 3.63) is 130 Å². The predicted octanol–water partition coefficient (Wildman–Crippen LogP) is 10.7. The van der Waals surface area contributed by atoms with Crippen LogP contribution in [0.2, 0.25) is 37.3 Å². The second kappa shape index (κ2) is 18.7. The van der Waals surface area contributed by atoms with Gasteiger partial charge in [0.2, 0.25) is 0 Å². The number of halogens is 6. The normalized spacial score (nSPS) is 12.6. The molecule has 0 amide bonds. The van der Waals surface area contributed by atoms with Gasteiger partial charge in [0.25, 0.3) is 0 Å². The number of benzene rings is 4. The lowest BCUT2D eigenvalue weighted by atomic mass is 10.1. The molecule has 0 radical (unpaired) electrons. The second-order valence-electron chi connectivity index (χ2n) is 15.4. The minimum atomic E-state index is -4.28. The van der Waals surface area contributed by atoms with Gasteiger partial charge in [0.15, 0.2) is 0 Å². The summed E-state index contributed by atoms with van der Waals surface area (Å²) in [7, 11) is -2.79. The highest BCUT2D eigenvalue weighted by Gasteiger charge is 2.31. The van der Waals surface area contributed by atoms with Crippen LogP contribution >= 0.6 is 0 Å². The average molecular weight is 759 g/mol. The van der Waals surface area contributed by atoms with E-state index in [1.54, 1.807) is 12.1 Å². The Bertz CT molecular complexity index is 1540. The standard InChI is InChI=1S/2C21H28F3NSi/c2*1-16(2)26(3,4)20-10-8-18(9-11-20)15-25-13-12-17-6-5-7-19(14-17)21(22,23)24/h2*5-11,14,16,25H,12-13,15H2,1-4H3. The fourth-order valence-electron chi connectivity index (χ4n) is 5.51. The molecule has 0 spiro atoms. The van der Waals surface area contributed by atoms with Crippen LogP contribution in [0.5, 0.6) is 0 Å². The van der Waals surface area contributed by atoms with Crippen LogP contribution < -0.4 is 21.0 Å². The highest BCUT2D eigenvalue weighted by Crippen LogP contribution is 2.30. The predicted molar refractivity (Wildman–Crippen MR) is 211 cm³/mol. The van der Waals surface area contributed by atoms with Gasteiger partial charge < -0.3 is 10.6 Å². The third-order valence-corrected chi connectivity index (χ3v) is 20.0.